The maximum absolute atomic E-state index is 6.32. The Labute approximate surface area is 315 Å². The predicted molar refractivity (Wildman–Crippen MR) is 214 cm³/mol. The number of furan rings is 4. The third kappa shape index (κ3) is 5.96. The van der Waals surface area contributed by atoms with E-state index in [-0.39, 0.29) is 10.5 Å². The molecule has 2 aliphatic rings. The third-order valence-electron chi connectivity index (χ3n) is 10.2. The number of nitrogens with zero attached hydrogens (tertiary/aromatic N) is 2. The Morgan fingerprint density at radius 3 is 1.49 bits per heavy atom. The van der Waals surface area contributed by atoms with Gasteiger partial charge in [0.15, 0.2) is 0 Å². The van der Waals surface area contributed by atoms with Crippen molar-refractivity contribution in [1.29, 1.82) is 0 Å². The summed E-state index contributed by atoms with van der Waals surface area (Å²) < 4.78 is 24.4. The van der Waals surface area contributed by atoms with Gasteiger partial charge in [-0.25, -0.2) is 9.98 Å². The van der Waals surface area contributed by atoms with Crippen molar-refractivity contribution in [3.05, 3.63) is 167 Å². The number of aliphatic imine (C=N–C) groups is 2. The van der Waals surface area contributed by atoms with Crippen LogP contribution in [0.1, 0.15) is 68.2 Å². The third-order valence-corrected chi connectivity index (χ3v) is 12.8. The molecule has 53 heavy (non-hydrogen) atoms. The fourth-order valence-electron chi connectivity index (χ4n) is 7.58. The predicted octanol–water partition coefficient (Wildman–Crippen LogP) is 13.3. The van der Waals surface area contributed by atoms with E-state index in [2.05, 4.69) is 74.5 Å². The van der Waals surface area contributed by atoms with Crippen molar-refractivity contribution in [2.75, 3.05) is 0 Å². The zero-order valence-electron chi connectivity index (χ0n) is 29.2. The maximum atomic E-state index is 6.32. The van der Waals surface area contributed by atoms with Crippen molar-refractivity contribution in [2.45, 2.75) is 53.4 Å². The van der Waals surface area contributed by atoms with Crippen LogP contribution in [0, 0.1) is 13.8 Å². The van der Waals surface area contributed by atoms with Crippen LogP contribution in [0.2, 0.25) is 0 Å². The summed E-state index contributed by atoms with van der Waals surface area (Å²) in [6, 6.07) is 33.9. The van der Waals surface area contributed by atoms with E-state index in [0.717, 1.165) is 83.6 Å². The fraction of sp³-hybridized carbons (Fsp3) is 0.156. The molecule has 0 radical (unpaired) electrons. The summed E-state index contributed by atoms with van der Waals surface area (Å²) in [6.45, 7) is 4.26. The standard InChI is InChI=1S/C45H34N2O4S2/c1-26-24-50-44-30(26)18-28(20-32(44)42-22-36(38-11-7-15-48-38)46-34-9-3-5-13-40(34)52-42)17-29-19-31-27(2)25-51-45(31)33(21-29)43-23-37(39-12-8-16-49-39)47-35-10-4-6-14-41(35)53-43/h3-16,18-21,24-25,42-43H,17,22-23H2,1-2H3. The minimum Gasteiger partial charge on any atom is -0.464 e. The molecule has 6 nitrogen and oxygen atoms in total. The van der Waals surface area contributed by atoms with Gasteiger partial charge in [0.1, 0.15) is 22.7 Å². The summed E-state index contributed by atoms with van der Waals surface area (Å²) in [7, 11) is 0. The van der Waals surface area contributed by atoms with Gasteiger partial charge < -0.3 is 17.7 Å². The summed E-state index contributed by atoms with van der Waals surface area (Å²) in [5, 5.41) is 2.41. The van der Waals surface area contributed by atoms with Gasteiger partial charge in [0.2, 0.25) is 0 Å². The summed E-state index contributed by atoms with van der Waals surface area (Å²) in [5.41, 5.74) is 12.7. The number of rotatable bonds is 6. The second-order valence-corrected chi connectivity index (χ2v) is 16.3. The number of hydrogen-bond acceptors (Lipinski definition) is 8. The highest BCUT2D eigenvalue weighted by Crippen LogP contribution is 2.50. The van der Waals surface area contributed by atoms with E-state index < -0.39 is 0 Å². The van der Waals surface area contributed by atoms with Crippen LogP contribution in [0.25, 0.3) is 21.9 Å². The molecule has 0 amide bonds. The first-order valence-electron chi connectivity index (χ1n) is 17.8. The van der Waals surface area contributed by atoms with Crippen molar-refractivity contribution in [2.24, 2.45) is 9.98 Å². The van der Waals surface area contributed by atoms with Gasteiger partial charge in [-0.05, 0) is 103 Å². The zero-order chi connectivity index (χ0) is 35.5. The molecule has 0 aliphatic carbocycles. The van der Waals surface area contributed by atoms with E-state index in [0.29, 0.717) is 12.8 Å². The zero-order valence-corrected chi connectivity index (χ0v) is 30.8. The molecular formula is C45H34N2O4S2. The van der Waals surface area contributed by atoms with Crippen molar-refractivity contribution in [3.63, 3.8) is 0 Å². The first-order chi connectivity index (χ1) is 26.0. The Kier molecular flexibility index (Phi) is 8.03. The molecule has 0 saturated carbocycles. The Balaban J connectivity index is 1.07. The summed E-state index contributed by atoms with van der Waals surface area (Å²) in [6.07, 6.45) is 9.36. The average Bonchev–Trinajstić information content (AvgIpc) is 3.99. The first kappa shape index (κ1) is 32.2. The Morgan fingerprint density at radius 2 is 1.04 bits per heavy atom. The van der Waals surface area contributed by atoms with E-state index in [4.69, 9.17) is 27.7 Å². The van der Waals surface area contributed by atoms with Gasteiger partial charge in [0, 0.05) is 55.0 Å². The monoisotopic (exact) mass is 730 g/mol. The largest absolute Gasteiger partial charge is 0.464 e. The highest BCUT2D eigenvalue weighted by molar-refractivity contribution is 8.00. The van der Waals surface area contributed by atoms with Crippen LogP contribution in [0.3, 0.4) is 0 Å². The number of fused-ring (bicyclic) bond motifs is 4. The lowest BCUT2D eigenvalue weighted by Gasteiger charge is -2.19. The number of hydrogen-bond donors (Lipinski definition) is 0. The minimum atomic E-state index is 0.0615. The summed E-state index contributed by atoms with van der Waals surface area (Å²) in [5.74, 6) is 1.59. The van der Waals surface area contributed by atoms with Crippen molar-refractivity contribution in [1.82, 2.24) is 0 Å². The van der Waals surface area contributed by atoms with Crippen LogP contribution in [-0.2, 0) is 6.42 Å². The highest BCUT2D eigenvalue weighted by Gasteiger charge is 2.29. The van der Waals surface area contributed by atoms with E-state index in [1.54, 1.807) is 12.5 Å². The number of benzene rings is 4. The van der Waals surface area contributed by atoms with Crippen molar-refractivity contribution in [3.8, 4) is 0 Å². The van der Waals surface area contributed by atoms with Gasteiger partial charge in [-0.15, -0.1) is 23.5 Å². The van der Waals surface area contributed by atoms with Crippen molar-refractivity contribution >= 4 is 68.3 Å². The van der Waals surface area contributed by atoms with Crippen LogP contribution in [0.15, 0.2) is 160 Å². The molecule has 8 aromatic rings. The molecule has 0 bridgehead atoms. The van der Waals surface area contributed by atoms with Gasteiger partial charge in [-0.2, -0.15) is 0 Å². The van der Waals surface area contributed by atoms with E-state index in [9.17, 15) is 0 Å². The van der Waals surface area contributed by atoms with Gasteiger partial charge in [0.05, 0.1) is 47.9 Å². The molecule has 0 saturated heterocycles. The molecule has 0 fully saturated rings. The molecule has 260 valence electrons. The lowest BCUT2D eigenvalue weighted by molar-refractivity contribution is 0.555. The van der Waals surface area contributed by atoms with Crippen LogP contribution in [-0.4, -0.2) is 11.4 Å². The molecular weight excluding hydrogens is 697 g/mol. The molecule has 2 aliphatic heterocycles. The lowest BCUT2D eigenvalue weighted by Crippen LogP contribution is -2.06. The van der Waals surface area contributed by atoms with E-state index in [1.165, 1.54) is 22.3 Å². The second kappa shape index (κ2) is 13.2. The maximum Gasteiger partial charge on any atom is 0.148 e. The average molecular weight is 731 g/mol. The van der Waals surface area contributed by atoms with Gasteiger partial charge >= 0.3 is 0 Å². The molecule has 6 heterocycles. The summed E-state index contributed by atoms with van der Waals surface area (Å²) >= 11 is 3.68. The van der Waals surface area contributed by atoms with Gasteiger partial charge in [-0.1, -0.05) is 36.4 Å². The molecule has 0 N–H and O–H groups in total. The molecule has 10 rings (SSSR count). The Hall–Kier alpha value is -5.44. The highest BCUT2D eigenvalue weighted by atomic mass is 32.2. The molecule has 2 atom stereocenters. The lowest BCUT2D eigenvalue weighted by atomic mass is 9.93. The van der Waals surface area contributed by atoms with Gasteiger partial charge in [-0.3, -0.25) is 0 Å². The van der Waals surface area contributed by atoms with Crippen LogP contribution in [0.4, 0.5) is 11.4 Å². The summed E-state index contributed by atoms with van der Waals surface area (Å²) in [4.78, 5) is 12.5. The molecule has 8 heteroatoms. The minimum absolute atomic E-state index is 0.0615. The van der Waals surface area contributed by atoms with E-state index >= 15 is 0 Å². The normalized spacial score (nSPS) is 17.2. The molecule has 2 unspecified atom stereocenters. The Morgan fingerprint density at radius 1 is 0.566 bits per heavy atom. The molecule has 0 spiro atoms. The smallest absolute Gasteiger partial charge is 0.148 e. The Bertz CT molecular complexity index is 2510. The van der Waals surface area contributed by atoms with Crippen LogP contribution in [0.5, 0.6) is 0 Å². The quantitative estimate of drug-likeness (QED) is 0.169. The topological polar surface area (TPSA) is 77.3 Å². The number of para-hydroxylation sites is 2. The number of aryl methyl sites for hydroxylation is 2. The van der Waals surface area contributed by atoms with Crippen molar-refractivity contribution < 1.29 is 17.7 Å². The number of thioether (sulfide) groups is 2. The fourth-order valence-corrected chi connectivity index (χ4v) is 10.1. The van der Waals surface area contributed by atoms with Crippen LogP contribution < -0.4 is 0 Å². The first-order valence-corrected chi connectivity index (χ1v) is 19.6. The molecule has 4 aromatic carbocycles. The SMILES string of the molecule is Cc1coc2c(C3CC(c4ccco4)=Nc4ccccc4S3)cc(Cc3cc(C4CC(c5ccco5)=Nc5ccccc5S4)c4occ(C)c4c3)cc12. The second-order valence-electron chi connectivity index (χ2n) is 13.8. The van der Waals surface area contributed by atoms with Crippen LogP contribution >= 0.6 is 23.5 Å². The molecule has 4 aromatic heterocycles. The van der Waals surface area contributed by atoms with E-state index in [1.807, 2.05) is 72.4 Å². The van der Waals surface area contributed by atoms with Gasteiger partial charge in [0.25, 0.3) is 0 Å².